The van der Waals surface area contributed by atoms with Crippen LogP contribution in [0.4, 0.5) is 25.0 Å². The van der Waals surface area contributed by atoms with Crippen LogP contribution in [0.1, 0.15) is 78.4 Å². The van der Waals surface area contributed by atoms with Crippen molar-refractivity contribution in [1.29, 1.82) is 0 Å². The van der Waals surface area contributed by atoms with Gasteiger partial charge in [0, 0.05) is 52.2 Å². The second kappa shape index (κ2) is 23.2. The highest BCUT2D eigenvalue weighted by molar-refractivity contribution is 7.92. The number of ketones is 1. The number of carbonyl (C=O) groups is 3. The van der Waals surface area contributed by atoms with Gasteiger partial charge in [-0.3, -0.25) is 14.3 Å². The Kier molecular flexibility index (Phi) is 17.1. The van der Waals surface area contributed by atoms with Gasteiger partial charge in [-0.2, -0.15) is 0 Å². The fourth-order valence-corrected chi connectivity index (χ4v) is 9.77. The number of fused-ring (bicyclic) bond motifs is 2. The number of carbonyl (C=O) groups excluding carboxylic acids is 3. The fraction of sp³-hybridized carbons (Fsp3) is 0.278. The van der Waals surface area contributed by atoms with Crippen LogP contribution in [0.15, 0.2) is 106 Å². The molecular formula is C54H54ClF2N5O14S. The number of aromatic amines is 1. The summed E-state index contributed by atoms with van der Waals surface area (Å²) >= 11 is 5.93. The van der Waals surface area contributed by atoms with Crippen molar-refractivity contribution < 1.29 is 70.3 Å². The summed E-state index contributed by atoms with van der Waals surface area (Å²) in [5, 5.41) is 35.5. The van der Waals surface area contributed by atoms with Gasteiger partial charge >= 0.3 is 11.7 Å². The van der Waals surface area contributed by atoms with Crippen molar-refractivity contribution in [2.24, 2.45) is 5.73 Å². The summed E-state index contributed by atoms with van der Waals surface area (Å²) in [5.41, 5.74) is 5.01. The third kappa shape index (κ3) is 12.5. The maximum Gasteiger partial charge on any atom is 0.404 e. The lowest BCUT2D eigenvalue weighted by Crippen LogP contribution is -2.65. The zero-order chi connectivity index (χ0) is 56.3. The third-order valence-corrected chi connectivity index (χ3v) is 14.1. The molecule has 77 heavy (non-hydrogen) atoms. The number of hydrogen-bond donors (Lipinski definition) is 7. The van der Waals surface area contributed by atoms with Gasteiger partial charge in [0.05, 0.1) is 28.0 Å². The molecule has 0 spiro atoms. The molecule has 4 atom stereocenters. The van der Waals surface area contributed by atoms with Gasteiger partial charge in [0.15, 0.2) is 29.5 Å². The van der Waals surface area contributed by atoms with Gasteiger partial charge in [0.25, 0.3) is 5.91 Å². The van der Waals surface area contributed by atoms with Crippen molar-refractivity contribution >= 4 is 72.8 Å². The summed E-state index contributed by atoms with van der Waals surface area (Å²) < 4.78 is 83.7. The number of aryl methyl sites for hydroxylation is 1. The van der Waals surface area contributed by atoms with E-state index in [9.17, 15) is 47.3 Å². The van der Waals surface area contributed by atoms with Crippen molar-refractivity contribution in [2.45, 2.75) is 84.6 Å². The predicted molar refractivity (Wildman–Crippen MR) is 283 cm³/mol. The first kappa shape index (κ1) is 56.8. The van der Waals surface area contributed by atoms with Crippen molar-refractivity contribution in [3.05, 3.63) is 152 Å². The predicted octanol–water partition coefficient (Wildman–Crippen LogP) is 9.17. The van der Waals surface area contributed by atoms with E-state index < -0.39 is 98.0 Å². The van der Waals surface area contributed by atoms with E-state index in [-0.39, 0.29) is 44.9 Å². The Morgan fingerprint density at radius 2 is 1.71 bits per heavy atom. The van der Waals surface area contributed by atoms with E-state index in [0.29, 0.717) is 40.0 Å². The lowest BCUT2D eigenvalue weighted by Gasteiger charge is -2.47. The van der Waals surface area contributed by atoms with Crippen molar-refractivity contribution in [3.63, 3.8) is 0 Å². The molecule has 19 nitrogen and oxygen atoms in total. The molecule has 0 aliphatic carbocycles. The first-order valence-electron chi connectivity index (χ1n) is 23.7. The molecule has 7 aromatic rings. The standard InChI is InChI=1S/C31H36N2O11.C23H18ClF2N3O3S/c1-14(2)7-8-16-13-17(9-11-19(16)34)27(37)33-21-22(35)18-10-12-20(15(3)24(18)42-28(21)38)41-29-23(36)25(43-30(32)39)26(40-6)31(4,5)44-29;1-2-9-33(31,32)29-19-8-7-18(25)20(21(19)26)22(30)17-12-28-23-16(17)10-14(11-27-23)13-3-5-15(24)6-4-13/h7,9-13,23,25-26,29,34-36H,8H2,1-6H3,(H2,32,39)(H,33,37);3-8,10-12,29H,2,9H2,1H3,(H,27,28). The SMILES string of the molecule is CCCS(=O)(=O)Nc1ccc(F)c(C(=O)c2c[nH]c3ncc(-c4ccc(Cl)cc4)cc23)c1F.COC1C(OC(N)=O)C(O)C(Oc2ccc3c(O)c(NC(=O)c4ccc(O)c(CC=C(C)C)c4)c(=O)oc3c2C)OC1(C)C. The number of aliphatic hydroxyl groups is 1. The minimum absolute atomic E-state index is 0.000297. The number of aliphatic hydroxyl groups excluding tert-OH is 1. The zero-order valence-corrected chi connectivity index (χ0v) is 44.1. The number of pyridine rings is 1. The van der Waals surface area contributed by atoms with Crippen LogP contribution in [0, 0.1) is 18.6 Å². The summed E-state index contributed by atoms with van der Waals surface area (Å²) in [4.78, 5) is 57.8. The van der Waals surface area contributed by atoms with E-state index in [1.54, 1.807) is 64.2 Å². The van der Waals surface area contributed by atoms with E-state index >= 15 is 4.39 Å². The number of sulfonamides is 1. The van der Waals surface area contributed by atoms with E-state index in [4.69, 9.17) is 40.7 Å². The second-order valence-corrected chi connectivity index (χ2v) is 20.9. The fourth-order valence-electron chi connectivity index (χ4n) is 8.52. The van der Waals surface area contributed by atoms with Crippen LogP contribution in [-0.4, -0.2) is 94.6 Å². The number of phenolic OH excluding ortho intramolecular Hbond substituents is 1. The highest BCUT2D eigenvalue weighted by Gasteiger charge is 2.53. The van der Waals surface area contributed by atoms with Crippen LogP contribution in [0.5, 0.6) is 17.2 Å². The lowest BCUT2D eigenvalue weighted by atomic mass is 9.89. The number of primary amides is 1. The van der Waals surface area contributed by atoms with Gasteiger partial charge in [-0.05, 0) is 119 Å². The van der Waals surface area contributed by atoms with Crippen LogP contribution in [-0.2, 0) is 30.7 Å². The Balaban J connectivity index is 0.000000233. The first-order valence-corrected chi connectivity index (χ1v) is 25.7. The molecule has 4 aromatic carbocycles. The Morgan fingerprint density at radius 3 is 2.38 bits per heavy atom. The highest BCUT2D eigenvalue weighted by Crippen LogP contribution is 2.39. The maximum absolute atomic E-state index is 15.1. The van der Waals surface area contributed by atoms with E-state index in [1.807, 2.05) is 19.9 Å². The number of amides is 2. The Hall–Kier alpha value is -7.89. The molecule has 1 saturated heterocycles. The van der Waals surface area contributed by atoms with E-state index in [2.05, 4.69) is 20.0 Å². The highest BCUT2D eigenvalue weighted by atomic mass is 35.5. The minimum Gasteiger partial charge on any atom is -0.508 e. The van der Waals surface area contributed by atoms with Gasteiger partial charge in [-0.25, -0.2) is 31.8 Å². The number of anilines is 2. The van der Waals surface area contributed by atoms with E-state index in [0.717, 1.165) is 23.3 Å². The van der Waals surface area contributed by atoms with Crippen LogP contribution in [0.3, 0.4) is 0 Å². The van der Waals surface area contributed by atoms with Gasteiger partial charge in [0.1, 0.15) is 34.7 Å². The molecule has 3 aromatic heterocycles. The number of nitrogens with one attached hydrogen (secondary N) is 3. The van der Waals surface area contributed by atoms with Crippen molar-refractivity contribution in [3.8, 4) is 28.4 Å². The first-order chi connectivity index (χ1) is 36.3. The number of methoxy groups -OCH3 is 1. The number of nitrogens with zero attached hydrogens (tertiary/aromatic N) is 1. The van der Waals surface area contributed by atoms with Crippen molar-refractivity contribution in [2.75, 3.05) is 22.9 Å². The normalized spacial score (nSPS) is 17.0. The maximum atomic E-state index is 15.1. The largest absolute Gasteiger partial charge is 0.508 e. The molecule has 1 fully saturated rings. The smallest absolute Gasteiger partial charge is 0.404 e. The summed E-state index contributed by atoms with van der Waals surface area (Å²) in [6.07, 6.45) is -0.584. The molecule has 4 heterocycles. The second-order valence-electron chi connectivity index (χ2n) is 18.6. The third-order valence-electron chi connectivity index (χ3n) is 12.3. The summed E-state index contributed by atoms with van der Waals surface area (Å²) in [6, 6.07) is 17.6. The van der Waals surface area contributed by atoms with Crippen molar-refractivity contribution in [1.82, 2.24) is 9.97 Å². The number of nitrogens with two attached hydrogens (primary N) is 1. The number of benzene rings is 4. The van der Waals surface area contributed by atoms with Crippen LogP contribution >= 0.6 is 11.6 Å². The number of allylic oxidation sites excluding steroid dienone is 2. The molecule has 406 valence electrons. The number of aromatic hydroxyl groups is 2. The topological polar surface area (TPSA) is 292 Å². The van der Waals surface area contributed by atoms with Gasteiger partial charge in [0.2, 0.25) is 22.1 Å². The van der Waals surface area contributed by atoms with Gasteiger partial charge < -0.3 is 54.7 Å². The number of halogens is 3. The summed E-state index contributed by atoms with van der Waals surface area (Å²) in [6.45, 7) is 10.3. The minimum atomic E-state index is -3.84. The molecule has 1 aliphatic rings. The molecule has 0 bridgehead atoms. The summed E-state index contributed by atoms with van der Waals surface area (Å²) in [7, 11) is -2.47. The molecule has 0 radical (unpaired) electrons. The molecule has 23 heteroatoms. The van der Waals surface area contributed by atoms with Gasteiger partial charge in [-0.15, -0.1) is 0 Å². The molecule has 4 unspecified atom stereocenters. The molecule has 0 saturated carbocycles. The Morgan fingerprint density at radius 1 is 1.00 bits per heavy atom. The number of aromatic nitrogens is 2. The number of H-pyrrole nitrogens is 1. The van der Waals surface area contributed by atoms with Gasteiger partial charge in [-0.1, -0.05) is 42.3 Å². The number of rotatable bonds is 15. The molecule has 8 N–H and O–H groups in total. The monoisotopic (exact) mass is 1100 g/mol. The zero-order valence-electron chi connectivity index (χ0n) is 42.5. The molecule has 1 aliphatic heterocycles. The van der Waals surface area contributed by atoms with E-state index in [1.165, 1.54) is 43.6 Å². The van der Waals surface area contributed by atoms with Crippen LogP contribution in [0.2, 0.25) is 5.02 Å². The Labute approximate surface area is 444 Å². The Bertz CT molecular complexity index is 3620. The van der Waals surface area contributed by atoms with Crippen LogP contribution < -0.4 is 26.1 Å². The average molecular weight is 1100 g/mol. The number of ether oxygens (including phenoxy) is 4. The number of hydrogen-bond acceptors (Lipinski definition) is 15. The average Bonchev–Trinajstić information content (AvgIpc) is 3.83. The lowest BCUT2D eigenvalue weighted by molar-refractivity contribution is -0.304. The molecule has 8 rings (SSSR count). The quantitative estimate of drug-likeness (QED) is 0.0286. The molecular weight excluding hydrogens is 1050 g/mol. The van der Waals surface area contributed by atoms with Crippen LogP contribution in [0.25, 0.3) is 33.1 Å². The molecule has 2 amide bonds. The summed E-state index contributed by atoms with van der Waals surface area (Å²) in [5.74, 6) is -4.66. The number of phenols is 1.